The number of hydrogen-bond donors (Lipinski definition) is 1. The van der Waals surface area contributed by atoms with Gasteiger partial charge in [-0.05, 0) is 56.6 Å². The third-order valence-electron chi connectivity index (χ3n) is 6.90. The molecule has 0 aliphatic carbocycles. The second-order valence-electron chi connectivity index (χ2n) is 11.3. The van der Waals surface area contributed by atoms with Gasteiger partial charge in [0.05, 0.1) is 6.61 Å². The number of rotatable bonds is 10. The molecule has 0 fully saturated rings. The first-order chi connectivity index (χ1) is 18.0. The summed E-state index contributed by atoms with van der Waals surface area (Å²) in [6.07, 6.45) is -1.87. The van der Waals surface area contributed by atoms with Crippen molar-refractivity contribution < 1.29 is 22.3 Å². The molecule has 0 aliphatic rings. The quantitative estimate of drug-likeness (QED) is 0.148. The maximum Gasteiger partial charge on any atom is 0.434 e. The van der Waals surface area contributed by atoms with E-state index in [4.69, 9.17) is 20.8 Å². The van der Waals surface area contributed by atoms with Gasteiger partial charge in [0.2, 0.25) is 5.28 Å². The average molecular weight is 584 g/mol. The summed E-state index contributed by atoms with van der Waals surface area (Å²) >= 11 is 5.96. The lowest BCUT2D eigenvalue weighted by Gasteiger charge is -2.36. The van der Waals surface area contributed by atoms with Crippen molar-refractivity contribution in [3.05, 3.63) is 52.7 Å². The summed E-state index contributed by atoms with van der Waals surface area (Å²) in [5.74, 6) is 1.32. The Kier molecular flexibility index (Phi) is 9.39. The molecule has 7 nitrogen and oxygen atoms in total. The van der Waals surface area contributed by atoms with E-state index in [1.807, 2.05) is 26.8 Å². The Morgan fingerprint density at radius 2 is 1.79 bits per heavy atom. The van der Waals surface area contributed by atoms with Crippen molar-refractivity contribution in [2.45, 2.75) is 78.4 Å². The number of ether oxygens (including phenoxy) is 1. The molecule has 12 heteroatoms. The van der Waals surface area contributed by atoms with E-state index < -0.39 is 20.2 Å². The highest BCUT2D eigenvalue weighted by atomic mass is 35.5. The number of aryl methyl sites for hydroxylation is 1. The maximum absolute atomic E-state index is 13.5. The summed E-state index contributed by atoms with van der Waals surface area (Å²) in [6.45, 7) is 17.4. The molecule has 0 saturated carbocycles. The average Bonchev–Trinajstić information content (AvgIpc) is 3.29. The van der Waals surface area contributed by atoms with Crippen LogP contribution in [0.15, 0.2) is 30.6 Å². The molecule has 0 unspecified atom stereocenters. The van der Waals surface area contributed by atoms with Crippen LogP contribution in [-0.2, 0) is 17.1 Å². The van der Waals surface area contributed by atoms with Gasteiger partial charge in [0.15, 0.2) is 14.0 Å². The summed E-state index contributed by atoms with van der Waals surface area (Å²) < 4.78 is 54.3. The Balaban J connectivity index is 1.92. The van der Waals surface area contributed by atoms with Gasteiger partial charge in [-0.3, -0.25) is 0 Å². The highest BCUT2D eigenvalue weighted by Gasteiger charge is 2.37. The van der Waals surface area contributed by atoms with Crippen LogP contribution in [0.1, 0.15) is 57.5 Å². The van der Waals surface area contributed by atoms with E-state index in [-0.39, 0.29) is 28.8 Å². The maximum atomic E-state index is 13.5. The van der Waals surface area contributed by atoms with Gasteiger partial charge < -0.3 is 19.0 Å². The van der Waals surface area contributed by atoms with Crippen LogP contribution < -0.4 is 10.1 Å². The van der Waals surface area contributed by atoms with E-state index in [0.717, 1.165) is 17.3 Å². The highest BCUT2D eigenvalue weighted by Crippen LogP contribution is 2.37. The topological polar surface area (TPSA) is 74.1 Å². The molecule has 0 amide bonds. The molecule has 1 N–H and O–H groups in total. The molecular formula is C27H37ClF3N5O2Si. The number of nitrogens with zero attached hydrogens (tertiary/aromatic N) is 4. The van der Waals surface area contributed by atoms with Crippen LogP contribution in [0.5, 0.6) is 5.75 Å². The fourth-order valence-corrected chi connectivity index (χ4v) is 4.71. The van der Waals surface area contributed by atoms with Crippen molar-refractivity contribution in [2.75, 3.05) is 18.5 Å². The second kappa shape index (κ2) is 11.9. The Bertz CT molecular complexity index is 1290. The van der Waals surface area contributed by atoms with Crippen LogP contribution in [-0.4, -0.2) is 41.1 Å². The van der Waals surface area contributed by atoms with E-state index in [1.165, 1.54) is 4.57 Å². The molecule has 2 heterocycles. The van der Waals surface area contributed by atoms with Crippen LogP contribution in [0.3, 0.4) is 0 Å². The van der Waals surface area contributed by atoms with Crippen LogP contribution >= 0.6 is 11.6 Å². The SMILES string of the molecule is Cc1cnc(Cl)nc1NCc1ccc(-c2nc(C(F)(F)F)cn2C(C)C)cc1OCCO[Si](C)(C)C(C)(C)C. The van der Waals surface area contributed by atoms with Crippen molar-refractivity contribution >= 4 is 25.7 Å². The number of imidazole rings is 1. The number of halogens is 4. The lowest BCUT2D eigenvalue weighted by Crippen LogP contribution is -2.41. The predicted octanol–water partition coefficient (Wildman–Crippen LogP) is 7.91. The van der Waals surface area contributed by atoms with E-state index >= 15 is 0 Å². The summed E-state index contributed by atoms with van der Waals surface area (Å²) in [5, 5.41) is 3.43. The Hall–Kier alpha value is -2.63. The first-order valence-electron chi connectivity index (χ1n) is 12.8. The summed E-state index contributed by atoms with van der Waals surface area (Å²) in [4.78, 5) is 12.1. The van der Waals surface area contributed by atoms with Gasteiger partial charge in [-0.2, -0.15) is 13.2 Å². The van der Waals surface area contributed by atoms with Gasteiger partial charge in [0.1, 0.15) is 24.0 Å². The number of nitrogens with one attached hydrogen (secondary N) is 1. The lowest BCUT2D eigenvalue weighted by molar-refractivity contribution is -0.140. The molecule has 0 spiro atoms. The van der Waals surface area contributed by atoms with Crippen molar-refractivity contribution in [2.24, 2.45) is 0 Å². The molecule has 3 rings (SSSR count). The van der Waals surface area contributed by atoms with Gasteiger partial charge in [0, 0.05) is 41.7 Å². The Labute approximate surface area is 234 Å². The molecule has 2 aromatic heterocycles. The zero-order valence-electron chi connectivity index (χ0n) is 23.7. The van der Waals surface area contributed by atoms with Crippen molar-refractivity contribution in [1.82, 2.24) is 19.5 Å². The first kappa shape index (κ1) is 30.9. The standard InChI is InChI=1S/C27H37ClF3N5O2Si/c1-17(2)36-16-22(27(29,30)31)34-24(36)19-9-10-20(15-32-23-18(3)14-33-25(28)35-23)21(13-19)37-11-12-38-39(7,8)26(4,5)6/h9-10,13-14,16-17H,11-12,15H2,1-8H3,(H,32,33,35). The largest absolute Gasteiger partial charge is 0.491 e. The van der Waals surface area contributed by atoms with Gasteiger partial charge >= 0.3 is 6.18 Å². The summed E-state index contributed by atoms with van der Waals surface area (Å²) in [6, 6.07) is 5.07. The van der Waals surface area contributed by atoms with Crippen molar-refractivity contribution in [3.63, 3.8) is 0 Å². The minimum Gasteiger partial charge on any atom is -0.491 e. The third kappa shape index (κ3) is 7.73. The number of anilines is 1. The van der Waals surface area contributed by atoms with Gasteiger partial charge in [-0.1, -0.05) is 32.9 Å². The number of aromatic nitrogens is 4. The molecule has 0 bridgehead atoms. The van der Waals surface area contributed by atoms with Crippen molar-refractivity contribution in [3.8, 4) is 17.1 Å². The van der Waals surface area contributed by atoms with Crippen LogP contribution in [0.4, 0.5) is 19.0 Å². The third-order valence-corrected chi connectivity index (χ3v) is 11.6. The molecule has 3 aromatic rings. The Morgan fingerprint density at radius 1 is 1.10 bits per heavy atom. The summed E-state index contributed by atoms with van der Waals surface area (Å²) in [7, 11) is -1.97. The molecule has 1 aromatic carbocycles. The van der Waals surface area contributed by atoms with Gasteiger partial charge in [-0.15, -0.1) is 0 Å². The molecule has 0 atom stereocenters. The van der Waals surface area contributed by atoms with Gasteiger partial charge in [-0.25, -0.2) is 15.0 Å². The molecule has 214 valence electrons. The number of hydrogen-bond acceptors (Lipinski definition) is 6. The minimum absolute atomic E-state index is 0.0583. The van der Waals surface area contributed by atoms with E-state index in [9.17, 15) is 13.2 Å². The zero-order valence-corrected chi connectivity index (χ0v) is 25.5. The monoisotopic (exact) mass is 583 g/mol. The van der Waals surface area contributed by atoms with E-state index in [1.54, 1.807) is 18.3 Å². The van der Waals surface area contributed by atoms with Crippen molar-refractivity contribution in [1.29, 1.82) is 0 Å². The number of benzene rings is 1. The van der Waals surface area contributed by atoms with Crippen LogP contribution in [0.2, 0.25) is 23.4 Å². The van der Waals surface area contributed by atoms with Gasteiger partial charge in [0.25, 0.3) is 0 Å². The number of alkyl halides is 3. The smallest absolute Gasteiger partial charge is 0.434 e. The molecular weight excluding hydrogens is 547 g/mol. The normalized spacial score (nSPS) is 12.7. The predicted molar refractivity (Wildman–Crippen MR) is 151 cm³/mol. The second-order valence-corrected chi connectivity index (χ2v) is 16.4. The summed E-state index contributed by atoms with van der Waals surface area (Å²) in [5.41, 5.74) is 1.20. The first-order valence-corrected chi connectivity index (χ1v) is 16.1. The molecule has 0 radical (unpaired) electrons. The Morgan fingerprint density at radius 3 is 2.41 bits per heavy atom. The fourth-order valence-electron chi connectivity index (χ4n) is 3.55. The minimum atomic E-state index is -4.55. The molecule has 0 aliphatic heterocycles. The lowest BCUT2D eigenvalue weighted by atomic mass is 10.1. The van der Waals surface area contributed by atoms with Crippen LogP contribution in [0, 0.1) is 6.92 Å². The molecule has 0 saturated heterocycles. The highest BCUT2D eigenvalue weighted by molar-refractivity contribution is 6.74. The fraction of sp³-hybridized carbons (Fsp3) is 0.519. The van der Waals surface area contributed by atoms with E-state index in [0.29, 0.717) is 30.3 Å². The van der Waals surface area contributed by atoms with Crippen LogP contribution in [0.25, 0.3) is 11.4 Å². The van der Waals surface area contributed by atoms with E-state index in [2.05, 4.69) is 54.1 Å². The zero-order chi connectivity index (χ0) is 29.2. The molecule has 39 heavy (non-hydrogen) atoms.